The third kappa shape index (κ3) is 4.77. The number of aliphatic imine (C=N–C) groups is 1. The summed E-state index contributed by atoms with van der Waals surface area (Å²) < 4.78 is 21.1. The van der Waals surface area contributed by atoms with E-state index in [0.717, 1.165) is 4.88 Å². The fourth-order valence-corrected chi connectivity index (χ4v) is 3.06. The second kappa shape index (κ2) is 9.18. The van der Waals surface area contributed by atoms with Gasteiger partial charge in [-0.3, -0.25) is 0 Å². The smallest absolute Gasteiger partial charge is 0.363 e. The monoisotopic (exact) mass is 401 g/mol. The minimum atomic E-state index is -0.510. The molecule has 0 saturated heterocycles. The Balaban J connectivity index is 1.80. The van der Waals surface area contributed by atoms with Crippen LogP contribution in [0.4, 0.5) is 0 Å². The molecule has 0 radical (unpaired) electrons. The van der Waals surface area contributed by atoms with Crippen LogP contribution in [-0.2, 0) is 19.1 Å². The molecule has 28 heavy (non-hydrogen) atoms. The first-order valence-corrected chi connectivity index (χ1v) is 9.60. The zero-order valence-electron chi connectivity index (χ0n) is 15.5. The molecular weight excluding hydrogens is 382 g/mol. The number of esters is 2. The molecule has 0 spiro atoms. The van der Waals surface area contributed by atoms with Gasteiger partial charge < -0.3 is 18.9 Å². The van der Waals surface area contributed by atoms with Crippen molar-refractivity contribution in [2.75, 3.05) is 19.8 Å². The van der Waals surface area contributed by atoms with Crippen molar-refractivity contribution in [3.63, 3.8) is 0 Å². The Morgan fingerprint density at radius 2 is 2.04 bits per heavy atom. The summed E-state index contributed by atoms with van der Waals surface area (Å²) >= 11 is 1.44. The normalized spacial score (nSPS) is 14.6. The highest BCUT2D eigenvalue weighted by atomic mass is 32.1. The molecule has 0 unspecified atom stereocenters. The number of carbonyl (C=O) groups is 2. The molecule has 0 bridgehead atoms. The van der Waals surface area contributed by atoms with Gasteiger partial charge in [-0.15, -0.1) is 11.3 Å². The highest BCUT2D eigenvalue weighted by molar-refractivity contribution is 7.12. The van der Waals surface area contributed by atoms with Gasteiger partial charge in [0.25, 0.3) is 0 Å². The summed E-state index contributed by atoms with van der Waals surface area (Å²) in [5.41, 5.74) is 0.890. The van der Waals surface area contributed by atoms with Crippen molar-refractivity contribution < 1.29 is 28.5 Å². The minimum absolute atomic E-state index is 0.200. The van der Waals surface area contributed by atoms with Crippen LogP contribution < -0.4 is 9.47 Å². The molecule has 146 valence electrons. The number of carbonyl (C=O) groups excluding carboxylic acids is 2. The van der Waals surface area contributed by atoms with Gasteiger partial charge in [-0.1, -0.05) is 12.1 Å². The summed E-state index contributed by atoms with van der Waals surface area (Å²) in [6, 6.07) is 8.82. The predicted molar refractivity (Wildman–Crippen MR) is 105 cm³/mol. The van der Waals surface area contributed by atoms with Crippen LogP contribution in [0.3, 0.4) is 0 Å². The van der Waals surface area contributed by atoms with Crippen molar-refractivity contribution >= 4 is 35.2 Å². The van der Waals surface area contributed by atoms with Crippen LogP contribution in [0.1, 0.15) is 24.3 Å². The molecule has 8 heteroatoms. The number of benzene rings is 1. The molecule has 0 atom stereocenters. The van der Waals surface area contributed by atoms with E-state index in [1.165, 1.54) is 11.3 Å². The first-order valence-electron chi connectivity index (χ1n) is 8.72. The molecule has 2 heterocycles. The molecule has 7 nitrogen and oxygen atoms in total. The van der Waals surface area contributed by atoms with Gasteiger partial charge in [0.05, 0.1) is 18.1 Å². The molecule has 3 rings (SSSR count). The Hall–Kier alpha value is -3.13. The average molecular weight is 401 g/mol. The van der Waals surface area contributed by atoms with Crippen molar-refractivity contribution in [2.45, 2.75) is 13.8 Å². The van der Waals surface area contributed by atoms with E-state index >= 15 is 0 Å². The van der Waals surface area contributed by atoms with E-state index < -0.39 is 11.9 Å². The third-order valence-corrected chi connectivity index (χ3v) is 4.43. The van der Waals surface area contributed by atoms with Crippen LogP contribution in [0.25, 0.3) is 6.08 Å². The lowest BCUT2D eigenvalue weighted by Gasteiger charge is -2.12. The van der Waals surface area contributed by atoms with E-state index in [4.69, 9.17) is 18.9 Å². The van der Waals surface area contributed by atoms with E-state index in [9.17, 15) is 9.59 Å². The molecular formula is C20H19NO6S. The van der Waals surface area contributed by atoms with Gasteiger partial charge in [-0.2, -0.15) is 0 Å². The largest absolute Gasteiger partial charge is 0.490 e. The fraction of sp³-hybridized carbons (Fsp3) is 0.250. The van der Waals surface area contributed by atoms with Crippen molar-refractivity contribution in [1.29, 1.82) is 0 Å². The van der Waals surface area contributed by atoms with Gasteiger partial charge >= 0.3 is 11.9 Å². The summed E-state index contributed by atoms with van der Waals surface area (Å²) in [7, 11) is 0. The fourth-order valence-electron chi connectivity index (χ4n) is 2.41. The second-order valence-corrected chi connectivity index (χ2v) is 6.49. The number of cyclic esters (lactones) is 1. The van der Waals surface area contributed by atoms with Gasteiger partial charge in [-0.05, 0) is 49.1 Å². The summed E-state index contributed by atoms with van der Waals surface area (Å²) in [4.78, 5) is 28.6. The lowest BCUT2D eigenvalue weighted by Crippen LogP contribution is -2.15. The van der Waals surface area contributed by atoms with Crippen molar-refractivity contribution in [3.8, 4) is 11.5 Å². The van der Waals surface area contributed by atoms with Crippen LogP contribution in [0.15, 0.2) is 46.4 Å². The van der Waals surface area contributed by atoms with E-state index in [2.05, 4.69) is 4.99 Å². The van der Waals surface area contributed by atoms with Crippen LogP contribution in [0.2, 0.25) is 0 Å². The molecule has 1 aromatic carbocycles. The third-order valence-electron chi connectivity index (χ3n) is 3.57. The number of rotatable bonds is 8. The quantitative estimate of drug-likeness (QED) is 0.498. The molecule has 1 aliphatic heterocycles. The van der Waals surface area contributed by atoms with Crippen molar-refractivity contribution in [3.05, 3.63) is 51.8 Å². The van der Waals surface area contributed by atoms with Gasteiger partial charge in [0, 0.05) is 0 Å². The summed E-state index contributed by atoms with van der Waals surface area (Å²) in [5, 5.41) is 1.89. The lowest BCUT2D eigenvalue weighted by molar-refractivity contribution is -0.145. The Bertz CT molecular complexity index is 917. The molecule has 1 aliphatic rings. The van der Waals surface area contributed by atoms with Gasteiger partial charge in [0.2, 0.25) is 5.90 Å². The van der Waals surface area contributed by atoms with E-state index in [1.54, 1.807) is 31.2 Å². The molecule has 2 aromatic rings. The Morgan fingerprint density at radius 3 is 2.75 bits per heavy atom. The number of hydrogen-bond acceptors (Lipinski definition) is 8. The maximum absolute atomic E-state index is 12.1. The molecule has 0 amide bonds. The zero-order valence-corrected chi connectivity index (χ0v) is 16.3. The van der Waals surface area contributed by atoms with Crippen LogP contribution in [0.5, 0.6) is 11.5 Å². The molecule has 0 fully saturated rings. The SMILES string of the molecule is CCOC(=O)COc1ccc(C=C2N=C(c3cccs3)OC2=O)cc1OCC. The molecule has 1 aromatic heterocycles. The second-order valence-electron chi connectivity index (χ2n) is 5.55. The number of ether oxygens (including phenoxy) is 4. The molecule has 0 aliphatic carbocycles. The van der Waals surface area contributed by atoms with Crippen molar-refractivity contribution in [1.82, 2.24) is 0 Å². The predicted octanol–water partition coefficient (Wildman–Crippen LogP) is 3.43. The average Bonchev–Trinajstić information content (AvgIpc) is 3.32. The van der Waals surface area contributed by atoms with Gasteiger partial charge in [0.15, 0.2) is 23.8 Å². The first-order chi connectivity index (χ1) is 13.6. The van der Waals surface area contributed by atoms with Gasteiger partial charge in [-0.25, -0.2) is 14.6 Å². The van der Waals surface area contributed by atoms with Crippen LogP contribution in [0, 0.1) is 0 Å². The topological polar surface area (TPSA) is 83.4 Å². The Labute approximate surface area is 166 Å². The van der Waals surface area contributed by atoms with Crippen LogP contribution in [-0.4, -0.2) is 37.7 Å². The lowest BCUT2D eigenvalue weighted by atomic mass is 10.1. The minimum Gasteiger partial charge on any atom is -0.490 e. The van der Waals surface area contributed by atoms with Crippen molar-refractivity contribution in [2.24, 2.45) is 4.99 Å². The highest BCUT2D eigenvalue weighted by Crippen LogP contribution is 2.30. The highest BCUT2D eigenvalue weighted by Gasteiger charge is 2.24. The maximum Gasteiger partial charge on any atom is 0.363 e. The first kappa shape index (κ1) is 19.6. The number of thiophene rings is 1. The number of nitrogens with zero attached hydrogens (tertiary/aromatic N) is 1. The summed E-state index contributed by atoms with van der Waals surface area (Å²) in [6.07, 6.45) is 1.61. The zero-order chi connectivity index (χ0) is 19.9. The molecule has 0 saturated carbocycles. The van der Waals surface area contributed by atoms with Gasteiger partial charge in [0.1, 0.15) is 0 Å². The Morgan fingerprint density at radius 1 is 1.18 bits per heavy atom. The summed E-state index contributed by atoms with van der Waals surface area (Å²) in [5.74, 6) is 0.193. The van der Waals surface area contributed by atoms with Crippen LogP contribution >= 0.6 is 11.3 Å². The standard InChI is InChI=1S/C20H19NO6S/c1-3-24-16-11-13(7-8-15(16)26-12-18(22)25-4-2)10-14-20(23)27-19(21-14)17-6-5-9-28-17/h5-11H,3-4,12H2,1-2H3. The van der Waals surface area contributed by atoms with E-state index in [0.29, 0.717) is 29.6 Å². The molecule has 0 N–H and O–H groups in total. The maximum atomic E-state index is 12.1. The van der Waals surface area contributed by atoms with E-state index in [1.807, 2.05) is 24.4 Å². The Kier molecular flexibility index (Phi) is 6.44. The number of hydrogen-bond donors (Lipinski definition) is 0. The summed E-state index contributed by atoms with van der Waals surface area (Å²) in [6.45, 7) is 4.06. The van der Waals surface area contributed by atoms with E-state index in [-0.39, 0.29) is 18.9 Å².